The molecule has 0 radical (unpaired) electrons. The van der Waals surface area contributed by atoms with Crippen LogP contribution in [0.25, 0.3) is 0 Å². The zero-order chi connectivity index (χ0) is 20.2. The van der Waals surface area contributed by atoms with E-state index in [2.05, 4.69) is 5.32 Å². The monoisotopic (exact) mass is 389 g/mol. The number of carbonyl (C=O) groups is 1. The minimum absolute atomic E-state index is 0.0654. The molecule has 0 atom stereocenters. The molecule has 0 aromatic heterocycles. The highest BCUT2D eigenvalue weighted by Gasteiger charge is 2.19. The lowest BCUT2D eigenvalue weighted by Crippen LogP contribution is -2.33. The van der Waals surface area contributed by atoms with E-state index < -0.39 is 10.0 Å². The molecule has 2 aromatic rings. The molecule has 7 heteroatoms. The lowest BCUT2D eigenvalue weighted by molar-refractivity contribution is -0.116. The molecule has 27 heavy (non-hydrogen) atoms. The molecule has 0 fully saturated rings. The summed E-state index contributed by atoms with van der Waals surface area (Å²) >= 11 is 0. The molecule has 0 aliphatic rings. The molecule has 0 aliphatic carbocycles. The van der Waals surface area contributed by atoms with E-state index in [1.807, 2.05) is 63.2 Å². The van der Waals surface area contributed by atoms with Crippen molar-refractivity contribution in [3.63, 3.8) is 0 Å². The standard InChI is InChI=1S/C20H27N3O3S/c1-15-7-6-8-19(16(15)2)21-20(24)13-14-23(27(5,25)26)18-11-9-17(10-12-18)22(3)4/h6-12H,13-14H2,1-5H3,(H,21,24). The van der Waals surface area contributed by atoms with Crippen molar-refractivity contribution in [3.05, 3.63) is 53.6 Å². The molecule has 0 aliphatic heterocycles. The van der Waals surface area contributed by atoms with Crippen LogP contribution in [0.15, 0.2) is 42.5 Å². The van der Waals surface area contributed by atoms with Gasteiger partial charge in [0.1, 0.15) is 0 Å². The lowest BCUT2D eigenvalue weighted by Gasteiger charge is -2.23. The highest BCUT2D eigenvalue weighted by atomic mass is 32.2. The number of nitrogens with zero attached hydrogens (tertiary/aromatic N) is 2. The third-order valence-corrected chi connectivity index (χ3v) is 5.67. The lowest BCUT2D eigenvalue weighted by atomic mass is 10.1. The van der Waals surface area contributed by atoms with Gasteiger partial charge in [-0.15, -0.1) is 0 Å². The van der Waals surface area contributed by atoms with Crippen molar-refractivity contribution in [1.82, 2.24) is 0 Å². The van der Waals surface area contributed by atoms with Crippen molar-refractivity contribution < 1.29 is 13.2 Å². The van der Waals surface area contributed by atoms with Gasteiger partial charge in [0.2, 0.25) is 15.9 Å². The summed E-state index contributed by atoms with van der Waals surface area (Å²) in [6.07, 6.45) is 1.21. The van der Waals surface area contributed by atoms with E-state index in [0.717, 1.165) is 28.8 Å². The normalized spacial score (nSPS) is 11.1. The fraction of sp³-hybridized carbons (Fsp3) is 0.350. The van der Waals surface area contributed by atoms with Crippen molar-refractivity contribution in [3.8, 4) is 0 Å². The Hall–Kier alpha value is -2.54. The van der Waals surface area contributed by atoms with Crippen LogP contribution in [0.3, 0.4) is 0 Å². The predicted octanol–water partition coefficient (Wildman–Crippen LogP) is 3.16. The third-order valence-electron chi connectivity index (χ3n) is 4.48. The van der Waals surface area contributed by atoms with Crippen molar-refractivity contribution in [1.29, 1.82) is 0 Å². The van der Waals surface area contributed by atoms with Crippen molar-refractivity contribution >= 4 is 33.0 Å². The van der Waals surface area contributed by atoms with Gasteiger partial charge in [0, 0.05) is 38.4 Å². The summed E-state index contributed by atoms with van der Waals surface area (Å²) < 4.78 is 25.7. The molecule has 6 nitrogen and oxygen atoms in total. The summed E-state index contributed by atoms with van der Waals surface area (Å²) in [7, 11) is 0.340. The minimum Gasteiger partial charge on any atom is -0.378 e. The molecule has 146 valence electrons. The smallest absolute Gasteiger partial charge is 0.232 e. The highest BCUT2D eigenvalue weighted by Crippen LogP contribution is 2.22. The van der Waals surface area contributed by atoms with Crippen LogP contribution in [0.1, 0.15) is 17.5 Å². The number of benzene rings is 2. The van der Waals surface area contributed by atoms with Gasteiger partial charge in [-0.05, 0) is 55.3 Å². The molecule has 0 heterocycles. The average Bonchev–Trinajstić information content (AvgIpc) is 2.58. The molecule has 0 saturated heterocycles. The van der Waals surface area contributed by atoms with Crippen LogP contribution in [0.2, 0.25) is 0 Å². The Morgan fingerprint density at radius 3 is 2.15 bits per heavy atom. The average molecular weight is 390 g/mol. The number of carbonyl (C=O) groups excluding carboxylic acids is 1. The Kier molecular flexibility index (Phi) is 6.49. The van der Waals surface area contributed by atoms with Crippen molar-refractivity contribution in [2.24, 2.45) is 0 Å². The van der Waals surface area contributed by atoms with Gasteiger partial charge in [0.25, 0.3) is 0 Å². The minimum atomic E-state index is -3.49. The Morgan fingerprint density at radius 2 is 1.59 bits per heavy atom. The van der Waals surface area contributed by atoms with Crippen LogP contribution in [-0.4, -0.2) is 41.2 Å². The van der Waals surface area contributed by atoms with Gasteiger partial charge in [-0.3, -0.25) is 9.10 Å². The maximum Gasteiger partial charge on any atom is 0.232 e. The summed E-state index contributed by atoms with van der Waals surface area (Å²) in [6.45, 7) is 4.00. The first kappa shape index (κ1) is 20.8. The number of sulfonamides is 1. The summed E-state index contributed by atoms with van der Waals surface area (Å²) in [6, 6.07) is 12.9. The molecular weight excluding hydrogens is 362 g/mol. The highest BCUT2D eigenvalue weighted by molar-refractivity contribution is 7.92. The Morgan fingerprint density at radius 1 is 1.00 bits per heavy atom. The summed E-state index contributed by atoms with van der Waals surface area (Å²) in [5.41, 5.74) is 4.36. The second-order valence-corrected chi connectivity index (χ2v) is 8.70. The maximum absolute atomic E-state index is 12.3. The largest absolute Gasteiger partial charge is 0.378 e. The van der Waals surface area contributed by atoms with Crippen molar-refractivity contribution in [2.45, 2.75) is 20.3 Å². The fourth-order valence-corrected chi connectivity index (χ4v) is 3.63. The maximum atomic E-state index is 12.3. The Bertz CT molecular complexity index is 907. The first-order valence-electron chi connectivity index (χ1n) is 8.71. The van der Waals surface area contributed by atoms with E-state index in [9.17, 15) is 13.2 Å². The topological polar surface area (TPSA) is 69.7 Å². The van der Waals surface area contributed by atoms with Gasteiger partial charge >= 0.3 is 0 Å². The summed E-state index contributed by atoms with van der Waals surface area (Å²) in [5, 5.41) is 2.87. The first-order valence-corrected chi connectivity index (χ1v) is 10.6. The van der Waals surface area contributed by atoms with Crippen molar-refractivity contribution in [2.75, 3.05) is 41.4 Å². The zero-order valence-electron chi connectivity index (χ0n) is 16.5. The van der Waals surface area contributed by atoms with Gasteiger partial charge in [0.15, 0.2) is 0 Å². The SMILES string of the molecule is Cc1cccc(NC(=O)CCN(c2ccc(N(C)C)cc2)S(C)(=O)=O)c1C. The summed E-state index contributed by atoms with van der Waals surface area (Å²) in [5.74, 6) is -0.220. The van der Waals surface area contributed by atoms with Crippen LogP contribution in [-0.2, 0) is 14.8 Å². The van der Waals surface area contributed by atoms with E-state index in [-0.39, 0.29) is 18.9 Å². The van der Waals surface area contributed by atoms with E-state index in [4.69, 9.17) is 0 Å². The first-order chi connectivity index (χ1) is 12.6. The molecule has 0 bridgehead atoms. The number of hydrogen-bond donors (Lipinski definition) is 1. The number of aryl methyl sites for hydroxylation is 1. The molecule has 2 aromatic carbocycles. The van der Waals surface area contributed by atoms with Crippen LogP contribution in [0.4, 0.5) is 17.1 Å². The number of anilines is 3. The Labute approximate surface area is 161 Å². The van der Waals surface area contributed by atoms with Gasteiger partial charge in [-0.25, -0.2) is 8.42 Å². The second-order valence-electron chi connectivity index (χ2n) is 6.79. The van der Waals surface area contributed by atoms with Crippen LogP contribution in [0.5, 0.6) is 0 Å². The van der Waals surface area contributed by atoms with E-state index in [0.29, 0.717) is 5.69 Å². The summed E-state index contributed by atoms with van der Waals surface area (Å²) in [4.78, 5) is 14.3. The second kappa shape index (κ2) is 8.43. The molecular formula is C20H27N3O3S. The number of amides is 1. The van der Waals surface area contributed by atoms with E-state index in [1.54, 1.807) is 12.1 Å². The molecule has 0 spiro atoms. The van der Waals surface area contributed by atoms with Crippen LogP contribution >= 0.6 is 0 Å². The van der Waals surface area contributed by atoms with E-state index >= 15 is 0 Å². The predicted molar refractivity (Wildman–Crippen MR) is 112 cm³/mol. The van der Waals surface area contributed by atoms with Gasteiger partial charge < -0.3 is 10.2 Å². The van der Waals surface area contributed by atoms with Crippen LogP contribution in [0, 0.1) is 13.8 Å². The fourth-order valence-electron chi connectivity index (χ4n) is 2.71. The third kappa shape index (κ3) is 5.47. The Balaban J connectivity index is 2.11. The molecule has 0 unspecified atom stereocenters. The molecule has 1 N–H and O–H groups in total. The molecule has 0 saturated carbocycles. The van der Waals surface area contributed by atoms with Gasteiger partial charge in [-0.2, -0.15) is 0 Å². The number of hydrogen-bond acceptors (Lipinski definition) is 4. The van der Waals surface area contributed by atoms with Gasteiger partial charge in [-0.1, -0.05) is 12.1 Å². The quantitative estimate of drug-likeness (QED) is 0.790. The van der Waals surface area contributed by atoms with Gasteiger partial charge in [0.05, 0.1) is 11.9 Å². The van der Waals surface area contributed by atoms with Crippen LogP contribution < -0.4 is 14.5 Å². The number of rotatable bonds is 7. The van der Waals surface area contributed by atoms with E-state index in [1.165, 1.54) is 4.31 Å². The molecule has 1 amide bonds. The molecule has 2 rings (SSSR count). The number of nitrogens with one attached hydrogen (secondary N) is 1. The zero-order valence-corrected chi connectivity index (χ0v) is 17.3.